The van der Waals surface area contributed by atoms with E-state index in [-0.39, 0.29) is 12.1 Å². The zero-order valence-corrected chi connectivity index (χ0v) is 12.4. The van der Waals surface area contributed by atoms with Crippen LogP contribution in [-0.2, 0) is 0 Å². The number of para-hydroxylation sites is 2. The van der Waals surface area contributed by atoms with Gasteiger partial charge in [-0.15, -0.1) is 11.3 Å². The van der Waals surface area contributed by atoms with Gasteiger partial charge in [0.1, 0.15) is 6.61 Å². The van der Waals surface area contributed by atoms with Crippen LogP contribution in [0.3, 0.4) is 0 Å². The van der Waals surface area contributed by atoms with Crippen LogP contribution in [0, 0.1) is 0 Å². The van der Waals surface area contributed by atoms with Crippen LogP contribution >= 0.6 is 11.3 Å². The predicted octanol–water partition coefficient (Wildman–Crippen LogP) is 3.63. The zero-order valence-electron chi connectivity index (χ0n) is 11.5. The van der Waals surface area contributed by atoms with Gasteiger partial charge in [0.15, 0.2) is 17.6 Å². The van der Waals surface area contributed by atoms with Crippen molar-refractivity contribution in [2.45, 2.75) is 25.5 Å². The lowest BCUT2D eigenvalue weighted by Crippen LogP contribution is -2.41. The van der Waals surface area contributed by atoms with Crippen LogP contribution in [0.2, 0.25) is 0 Å². The molecule has 106 valence electrons. The Morgan fingerprint density at radius 2 is 2.10 bits per heavy atom. The first-order valence-electron chi connectivity index (χ1n) is 7.03. The molecular formula is C16H19NO2S. The van der Waals surface area contributed by atoms with E-state index in [4.69, 9.17) is 9.47 Å². The molecule has 2 unspecified atom stereocenters. The van der Waals surface area contributed by atoms with Crippen LogP contribution in [0.25, 0.3) is 0 Å². The molecule has 2 aromatic rings. The number of nitrogens with one attached hydrogen (secondary N) is 1. The lowest BCUT2D eigenvalue weighted by atomic mass is 10.1. The Morgan fingerprint density at radius 3 is 2.85 bits per heavy atom. The van der Waals surface area contributed by atoms with E-state index in [1.54, 1.807) is 11.3 Å². The fourth-order valence-electron chi connectivity index (χ4n) is 2.38. The lowest BCUT2D eigenvalue weighted by molar-refractivity contribution is 0.0626. The summed E-state index contributed by atoms with van der Waals surface area (Å²) in [5.41, 5.74) is 0. The topological polar surface area (TPSA) is 30.5 Å². The smallest absolute Gasteiger partial charge is 0.161 e. The van der Waals surface area contributed by atoms with Crippen molar-refractivity contribution >= 4 is 11.3 Å². The summed E-state index contributed by atoms with van der Waals surface area (Å²) in [5.74, 6) is 1.67. The van der Waals surface area contributed by atoms with Crippen molar-refractivity contribution in [1.82, 2.24) is 5.32 Å². The normalized spacial score (nSPS) is 18.8. The SMILES string of the molecule is CCCNC(c1cccs1)C1COc2ccccc2O1. The lowest BCUT2D eigenvalue weighted by Gasteiger charge is -2.32. The number of hydrogen-bond donors (Lipinski definition) is 1. The van der Waals surface area contributed by atoms with Gasteiger partial charge in [0.05, 0.1) is 6.04 Å². The molecule has 20 heavy (non-hydrogen) atoms. The van der Waals surface area contributed by atoms with Gasteiger partial charge in [-0.05, 0) is 36.5 Å². The minimum atomic E-state index is 0.00935. The van der Waals surface area contributed by atoms with E-state index in [0.29, 0.717) is 6.61 Å². The van der Waals surface area contributed by atoms with Crippen molar-refractivity contribution in [2.24, 2.45) is 0 Å². The summed E-state index contributed by atoms with van der Waals surface area (Å²) >= 11 is 1.76. The number of thiophene rings is 1. The van der Waals surface area contributed by atoms with E-state index in [1.807, 2.05) is 24.3 Å². The molecule has 3 rings (SSSR count). The molecule has 4 heteroatoms. The highest BCUT2D eigenvalue weighted by Gasteiger charge is 2.30. The van der Waals surface area contributed by atoms with Gasteiger partial charge in [0.2, 0.25) is 0 Å². The molecule has 0 fully saturated rings. The van der Waals surface area contributed by atoms with Crippen LogP contribution in [0.15, 0.2) is 41.8 Å². The average molecular weight is 289 g/mol. The van der Waals surface area contributed by atoms with Gasteiger partial charge in [0.25, 0.3) is 0 Å². The molecule has 1 N–H and O–H groups in total. The quantitative estimate of drug-likeness (QED) is 0.911. The first kappa shape index (κ1) is 13.5. The molecule has 1 aliphatic heterocycles. The second kappa shape index (κ2) is 6.29. The third kappa shape index (κ3) is 2.81. The maximum Gasteiger partial charge on any atom is 0.161 e. The molecule has 0 aliphatic carbocycles. The van der Waals surface area contributed by atoms with Gasteiger partial charge in [-0.3, -0.25) is 0 Å². The first-order chi connectivity index (χ1) is 9.88. The van der Waals surface area contributed by atoms with Crippen molar-refractivity contribution in [3.8, 4) is 11.5 Å². The molecule has 0 amide bonds. The van der Waals surface area contributed by atoms with E-state index in [9.17, 15) is 0 Å². The van der Waals surface area contributed by atoms with Crippen molar-refractivity contribution in [2.75, 3.05) is 13.2 Å². The van der Waals surface area contributed by atoms with E-state index in [0.717, 1.165) is 24.5 Å². The number of hydrogen-bond acceptors (Lipinski definition) is 4. The van der Waals surface area contributed by atoms with Crippen molar-refractivity contribution in [1.29, 1.82) is 0 Å². The molecular weight excluding hydrogens is 270 g/mol. The van der Waals surface area contributed by atoms with Crippen molar-refractivity contribution < 1.29 is 9.47 Å². The maximum absolute atomic E-state index is 6.13. The Balaban J connectivity index is 1.79. The van der Waals surface area contributed by atoms with E-state index in [2.05, 4.69) is 29.8 Å². The van der Waals surface area contributed by atoms with Crippen LogP contribution in [0.4, 0.5) is 0 Å². The highest BCUT2D eigenvalue weighted by Crippen LogP contribution is 2.35. The van der Waals surface area contributed by atoms with Gasteiger partial charge >= 0.3 is 0 Å². The molecule has 3 nitrogen and oxygen atoms in total. The highest BCUT2D eigenvalue weighted by atomic mass is 32.1. The monoisotopic (exact) mass is 289 g/mol. The fraction of sp³-hybridized carbons (Fsp3) is 0.375. The average Bonchev–Trinajstić information content (AvgIpc) is 3.02. The number of ether oxygens (including phenoxy) is 2. The zero-order chi connectivity index (χ0) is 13.8. The van der Waals surface area contributed by atoms with Gasteiger partial charge in [-0.1, -0.05) is 25.1 Å². The molecule has 0 radical (unpaired) electrons. The van der Waals surface area contributed by atoms with E-state index >= 15 is 0 Å². The van der Waals surface area contributed by atoms with Crippen LogP contribution in [-0.4, -0.2) is 19.3 Å². The molecule has 2 heterocycles. The van der Waals surface area contributed by atoms with Crippen molar-refractivity contribution in [3.63, 3.8) is 0 Å². The fourth-order valence-corrected chi connectivity index (χ4v) is 3.24. The van der Waals surface area contributed by atoms with Crippen LogP contribution < -0.4 is 14.8 Å². The molecule has 0 saturated carbocycles. The van der Waals surface area contributed by atoms with Gasteiger partial charge in [-0.25, -0.2) is 0 Å². The molecule has 0 spiro atoms. The third-order valence-electron chi connectivity index (χ3n) is 3.37. The molecule has 1 aromatic carbocycles. The Hall–Kier alpha value is -1.52. The Labute approximate surface area is 123 Å². The predicted molar refractivity (Wildman–Crippen MR) is 81.7 cm³/mol. The minimum absolute atomic E-state index is 0.00935. The second-order valence-electron chi connectivity index (χ2n) is 4.86. The Morgan fingerprint density at radius 1 is 1.25 bits per heavy atom. The van der Waals surface area contributed by atoms with E-state index < -0.39 is 0 Å². The second-order valence-corrected chi connectivity index (χ2v) is 5.84. The third-order valence-corrected chi connectivity index (χ3v) is 4.32. The first-order valence-corrected chi connectivity index (χ1v) is 7.91. The number of benzene rings is 1. The minimum Gasteiger partial charge on any atom is -0.486 e. The number of rotatable bonds is 5. The standard InChI is InChI=1S/C16H19NO2S/c1-2-9-17-16(15-8-5-10-20-15)14-11-18-12-6-3-4-7-13(12)19-14/h3-8,10,14,16-17H,2,9,11H2,1H3. The van der Waals surface area contributed by atoms with Gasteiger partial charge < -0.3 is 14.8 Å². The number of fused-ring (bicyclic) bond motifs is 1. The largest absolute Gasteiger partial charge is 0.486 e. The summed E-state index contributed by atoms with van der Waals surface area (Å²) in [7, 11) is 0. The summed E-state index contributed by atoms with van der Waals surface area (Å²) in [6, 6.07) is 12.3. The summed E-state index contributed by atoms with van der Waals surface area (Å²) in [6.07, 6.45) is 1.11. The summed E-state index contributed by atoms with van der Waals surface area (Å²) in [6.45, 7) is 3.73. The molecule has 0 saturated heterocycles. The molecule has 2 atom stereocenters. The molecule has 1 aliphatic rings. The molecule has 0 bridgehead atoms. The summed E-state index contributed by atoms with van der Waals surface area (Å²) in [4.78, 5) is 1.30. The van der Waals surface area contributed by atoms with Crippen LogP contribution in [0.1, 0.15) is 24.3 Å². The summed E-state index contributed by atoms with van der Waals surface area (Å²) < 4.78 is 12.0. The maximum atomic E-state index is 6.13. The van der Waals surface area contributed by atoms with Crippen molar-refractivity contribution in [3.05, 3.63) is 46.7 Å². The summed E-state index contributed by atoms with van der Waals surface area (Å²) in [5, 5.41) is 5.68. The van der Waals surface area contributed by atoms with Crippen LogP contribution in [0.5, 0.6) is 11.5 Å². The Bertz CT molecular complexity index is 541. The van der Waals surface area contributed by atoms with Gasteiger partial charge in [0, 0.05) is 4.88 Å². The van der Waals surface area contributed by atoms with E-state index in [1.165, 1.54) is 4.88 Å². The van der Waals surface area contributed by atoms with Gasteiger partial charge in [-0.2, -0.15) is 0 Å². The highest BCUT2D eigenvalue weighted by molar-refractivity contribution is 7.10. The molecule has 1 aromatic heterocycles. The Kier molecular flexibility index (Phi) is 4.23.